The van der Waals surface area contributed by atoms with Crippen molar-refractivity contribution in [2.24, 2.45) is 5.41 Å². The molecule has 22 heavy (non-hydrogen) atoms. The Kier molecular flexibility index (Phi) is 7.90. The van der Waals surface area contributed by atoms with Gasteiger partial charge < -0.3 is 5.32 Å². The Hall–Kier alpha value is -2.34. The normalized spacial score (nSPS) is 14.4. The van der Waals surface area contributed by atoms with E-state index in [-0.39, 0.29) is 5.41 Å². The van der Waals surface area contributed by atoms with Crippen molar-refractivity contribution in [2.45, 2.75) is 33.7 Å². The summed E-state index contributed by atoms with van der Waals surface area (Å²) in [5, 5.41) is 12.2. The SMILES string of the molecule is C=C/C(=C\C(F)=C/C)C(C#N)NC(=C)/C=C\C(=C)C(C)(C)C. The lowest BCUT2D eigenvalue weighted by atomic mass is 9.87. The topological polar surface area (TPSA) is 35.8 Å². The lowest BCUT2D eigenvalue weighted by Crippen LogP contribution is -2.27. The maximum Gasteiger partial charge on any atom is 0.140 e. The summed E-state index contributed by atoms with van der Waals surface area (Å²) in [5.74, 6) is -0.417. The van der Waals surface area contributed by atoms with Crippen LogP contribution in [0.2, 0.25) is 0 Å². The van der Waals surface area contributed by atoms with Crippen molar-refractivity contribution < 1.29 is 4.39 Å². The number of nitrogens with one attached hydrogen (secondary N) is 1. The number of nitriles is 1. The van der Waals surface area contributed by atoms with Crippen LogP contribution in [-0.4, -0.2) is 6.04 Å². The zero-order valence-corrected chi connectivity index (χ0v) is 13.9. The van der Waals surface area contributed by atoms with E-state index in [1.54, 1.807) is 13.0 Å². The molecule has 2 nitrogen and oxygen atoms in total. The average molecular weight is 300 g/mol. The minimum Gasteiger partial charge on any atom is -0.367 e. The molecule has 0 bridgehead atoms. The van der Waals surface area contributed by atoms with Gasteiger partial charge in [-0.1, -0.05) is 58.7 Å². The predicted octanol–water partition coefficient (Wildman–Crippen LogP) is 5.13. The van der Waals surface area contributed by atoms with Crippen LogP contribution in [0.15, 0.2) is 72.8 Å². The summed E-state index contributed by atoms with van der Waals surface area (Å²) in [6.45, 7) is 19.2. The number of nitrogens with zero attached hydrogens (tertiary/aromatic N) is 1. The number of allylic oxidation sites excluding steroid dienone is 6. The van der Waals surface area contributed by atoms with E-state index in [0.29, 0.717) is 11.3 Å². The fourth-order valence-corrected chi connectivity index (χ4v) is 1.38. The van der Waals surface area contributed by atoms with Crippen molar-refractivity contribution in [3.63, 3.8) is 0 Å². The quantitative estimate of drug-likeness (QED) is 0.662. The first-order valence-corrected chi connectivity index (χ1v) is 7.04. The number of halogens is 1. The molecule has 0 saturated carbocycles. The van der Waals surface area contributed by atoms with Gasteiger partial charge in [0, 0.05) is 5.70 Å². The molecule has 0 fully saturated rings. The molecule has 0 rings (SSSR count). The second-order valence-electron chi connectivity index (χ2n) is 5.86. The molecule has 0 aliphatic rings. The largest absolute Gasteiger partial charge is 0.367 e. The summed E-state index contributed by atoms with van der Waals surface area (Å²) in [4.78, 5) is 0. The van der Waals surface area contributed by atoms with Crippen LogP contribution >= 0.6 is 0 Å². The van der Waals surface area contributed by atoms with Crippen LogP contribution < -0.4 is 5.32 Å². The smallest absolute Gasteiger partial charge is 0.140 e. The zero-order valence-electron chi connectivity index (χ0n) is 13.9. The summed E-state index contributed by atoms with van der Waals surface area (Å²) in [5.41, 5.74) is 1.91. The van der Waals surface area contributed by atoms with Gasteiger partial charge in [-0.25, -0.2) is 4.39 Å². The van der Waals surface area contributed by atoms with Gasteiger partial charge in [-0.2, -0.15) is 5.26 Å². The third-order valence-electron chi connectivity index (χ3n) is 3.06. The van der Waals surface area contributed by atoms with E-state index in [4.69, 9.17) is 0 Å². The van der Waals surface area contributed by atoms with Crippen molar-refractivity contribution in [3.05, 3.63) is 72.8 Å². The summed E-state index contributed by atoms with van der Waals surface area (Å²) < 4.78 is 13.3. The van der Waals surface area contributed by atoms with E-state index in [0.717, 1.165) is 5.57 Å². The molecule has 0 heterocycles. The number of rotatable bonds is 7. The standard InChI is InChI=1S/C19H25FN2/c1-8-16(12-17(20)9-2)18(13-21)22-15(4)11-10-14(3)19(5,6)7/h8-12,18,22H,1,3-4H2,2,5-7H3/b11-10-,16-12+,17-9+. The first-order valence-electron chi connectivity index (χ1n) is 7.04. The number of hydrogen-bond donors (Lipinski definition) is 1. The molecule has 0 amide bonds. The summed E-state index contributed by atoms with van der Waals surface area (Å²) >= 11 is 0. The van der Waals surface area contributed by atoms with E-state index in [1.165, 1.54) is 18.2 Å². The van der Waals surface area contributed by atoms with Gasteiger partial charge in [-0.15, -0.1) is 0 Å². The zero-order chi connectivity index (χ0) is 17.3. The highest BCUT2D eigenvalue weighted by molar-refractivity contribution is 5.37. The van der Waals surface area contributed by atoms with Crippen molar-refractivity contribution >= 4 is 0 Å². The van der Waals surface area contributed by atoms with Gasteiger partial charge in [0.05, 0.1) is 6.07 Å². The molecular weight excluding hydrogens is 275 g/mol. The predicted molar refractivity (Wildman–Crippen MR) is 92.6 cm³/mol. The molecule has 0 aliphatic heterocycles. The van der Waals surface area contributed by atoms with Crippen LogP contribution in [0.5, 0.6) is 0 Å². The Morgan fingerprint density at radius 1 is 1.27 bits per heavy atom. The first kappa shape index (κ1) is 19.7. The van der Waals surface area contributed by atoms with Crippen molar-refractivity contribution in [1.82, 2.24) is 5.32 Å². The van der Waals surface area contributed by atoms with Crippen LogP contribution in [0.25, 0.3) is 0 Å². The molecule has 1 N–H and O–H groups in total. The average Bonchev–Trinajstić information content (AvgIpc) is 2.46. The molecule has 118 valence electrons. The third-order valence-corrected chi connectivity index (χ3v) is 3.06. The minimum absolute atomic E-state index is 0.0351. The fraction of sp³-hybridized carbons (Fsp3) is 0.316. The Bertz CT molecular complexity index is 563. The second kappa shape index (κ2) is 8.84. The minimum atomic E-state index is -0.719. The number of hydrogen-bond acceptors (Lipinski definition) is 2. The Labute approximate surface area is 133 Å². The van der Waals surface area contributed by atoms with Crippen LogP contribution in [-0.2, 0) is 0 Å². The van der Waals surface area contributed by atoms with Crippen LogP contribution in [0.3, 0.4) is 0 Å². The van der Waals surface area contributed by atoms with Gasteiger partial charge in [-0.3, -0.25) is 0 Å². The lowest BCUT2D eigenvalue weighted by Gasteiger charge is -2.19. The molecule has 1 unspecified atom stereocenters. The van der Waals surface area contributed by atoms with Crippen LogP contribution in [0.1, 0.15) is 27.7 Å². The Morgan fingerprint density at radius 3 is 2.27 bits per heavy atom. The fourth-order valence-electron chi connectivity index (χ4n) is 1.38. The first-order chi connectivity index (χ1) is 10.1. The molecule has 0 aromatic rings. The summed E-state index contributed by atoms with van der Waals surface area (Å²) in [6.07, 6.45) is 7.66. The van der Waals surface area contributed by atoms with Crippen LogP contribution in [0.4, 0.5) is 4.39 Å². The van der Waals surface area contributed by atoms with Gasteiger partial charge in [-0.05, 0) is 35.6 Å². The lowest BCUT2D eigenvalue weighted by molar-refractivity contribution is 0.519. The maximum atomic E-state index is 13.3. The molecule has 0 radical (unpaired) electrons. The van der Waals surface area contributed by atoms with E-state index >= 15 is 0 Å². The summed E-state index contributed by atoms with van der Waals surface area (Å²) in [7, 11) is 0. The van der Waals surface area contributed by atoms with Crippen molar-refractivity contribution in [2.75, 3.05) is 0 Å². The monoisotopic (exact) mass is 300 g/mol. The van der Waals surface area contributed by atoms with Gasteiger partial charge in [0.1, 0.15) is 11.9 Å². The van der Waals surface area contributed by atoms with Crippen molar-refractivity contribution in [1.29, 1.82) is 5.26 Å². The Balaban J connectivity index is 5.04. The maximum absolute atomic E-state index is 13.3. The van der Waals surface area contributed by atoms with Gasteiger partial charge in [0.15, 0.2) is 0 Å². The highest BCUT2D eigenvalue weighted by Gasteiger charge is 2.13. The second-order valence-corrected chi connectivity index (χ2v) is 5.86. The molecule has 0 aromatic carbocycles. The molecule has 0 aromatic heterocycles. The van der Waals surface area contributed by atoms with Crippen LogP contribution in [0, 0.1) is 16.7 Å². The molecule has 0 saturated heterocycles. The van der Waals surface area contributed by atoms with E-state index in [1.807, 2.05) is 6.08 Å². The van der Waals surface area contributed by atoms with Gasteiger partial charge in [0.2, 0.25) is 0 Å². The van der Waals surface area contributed by atoms with E-state index in [2.05, 4.69) is 51.9 Å². The highest BCUT2D eigenvalue weighted by atomic mass is 19.1. The summed E-state index contributed by atoms with van der Waals surface area (Å²) in [6, 6.07) is 1.35. The van der Waals surface area contributed by atoms with E-state index in [9.17, 15) is 9.65 Å². The molecule has 0 spiro atoms. The van der Waals surface area contributed by atoms with Crippen molar-refractivity contribution in [3.8, 4) is 6.07 Å². The third kappa shape index (κ3) is 6.90. The van der Waals surface area contributed by atoms with Gasteiger partial charge in [0.25, 0.3) is 0 Å². The molecular formula is C19H25FN2. The Morgan fingerprint density at radius 2 is 1.86 bits per heavy atom. The molecule has 0 aliphatic carbocycles. The molecule has 3 heteroatoms. The van der Waals surface area contributed by atoms with Gasteiger partial charge >= 0.3 is 0 Å². The highest BCUT2D eigenvalue weighted by Crippen LogP contribution is 2.24. The molecule has 1 atom stereocenters. The van der Waals surface area contributed by atoms with E-state index < -0.39 is 11.9 Å².